The highest BCUT2D eigenvalue weighted by molar-refractivity contribution is 6.53. The van der Waals surface area contributed by atoms with Crippen molar-refractivity contribution in [2.24, 2.45) is 0 Å². The third-order valence-electron chi connectivity index (χ3n) is 8.65. The summed E-state index contributed by atoms with van der Waals surface area (Å²) in [5.41, 5.74) is -0.267. The fraction of sp³-hybridized carbons (Fsp3) is 0.395. The predicted molar refractivity (Wildman–Crippen MR) is 183 cm³/mol. The molecule has 0 amide bonds. The highest BCUT2D eigenvalue weighted by Gasteiger charge is 2.48. The van der Waals surface area contributed by atoms with Gasteiger partial charge in [-0.1, -0.05) is 93.6 Å². The molecule has 1 atom stereocenters. The van der Waals surface area contributed by atoms with E-state index in [1.165, 1.54) is 38.3 Å². The van der Waals surface area contributed by atoms with Gasteiger partial charge in [0, 0.05) is 11.1 Å². The summed E-state index contributed by atoms with van der Waals surface area (Å²) in [4.78, 5) is 41.0. The molecule has 0 aliphatic carbocycles. The van der Waals surface area contributed by atoms with Crippen molar-refractivity contribution in [3.63, 3.8) is 0 Å². The van der Waals surface area contributed by atoms with E-state index in [0.717, 1.165) is 25.9 Å². The molecular weight excluding hydrogens is 634 g/mol. The van der Waals surface area contributed by atoms with Gasteiger partial charge in [-0.15, -0.1) is 0 Å². The minimum atomic E-state index is -2.42. The van der Waals surface area contributed by atoms with E-state index in [-0.39, 0.29) is 17.2 Å². The largest absolute Gasteiger partial charge is 0.494 e. The second-order valence-electron chi connectivity index (χ2n) is 12.1. The van der Waals surface area contributed by atoms with E-state index < -0.39 is 36.4 Å². The second-order valence-corrected chi connectivity index (χ2v) is 12.4. The monoisotopic (exact) mass is 675 g/mol. The summed E-state index contributed by atoms with van der Waals surface area (Å²) in [6.45, 7) is 8.41. The molecule has 2 bridgehead atoms. The van der Waals surface area contributed by atoms with Crippen LogP contribution in [0.1, 0.15) is 81.9 Å². The Bertz CT molecular complexity index is 1630. The Labute approximate surface area is 286 Å². The minimum absolute atomic E-state index is 0.123. The molecule has 0 spiro atoms. The lowest BCUT2D eigenvalue weighted by molar-refractivity contribution is -0.170. The van der Waals surface area contributed by atoms with Gasteiger partial charge in [0.2, 0.25) is 5.75 Å². The van der Waals surface area contributed by atoms with Crippen molar-refractivity contribution in [1.82, 2.24) is 4.90 Å². The van der Waals surface area contributed by atoms with E-state index in [4.69, 9.17) is 30.5 Å². The smallest absolute Gasteiger partial charge is 0.345 e. The van der Waals surface area contributed by atoms with E-state index in [2.05, 4.69) is 18.7 Å². The summed E-state index contributed by atoms with van der Waals surface area (Å²) >= 11 is 7.08. The molecule has 0 aromatic heterocycles. The van der Waals surface area contributed by atoms with Crippen molar-refractivity contribution in [2.45, 2.75) is 70.8 Å². The lowest BCUT2D eigenvalue weighted by Gasteiger charge is -2.30. The molecule has 10 heteroatoms. The summed E-state index contributed by atoms with van der Waals surface area (Å²) in [7, 11) is 0. The fourth-order valence-electron chi connectivity index (χ4n) is 5.92. The third kappa shape index (κ3) is 8.45. The normalized spacial score (nSPS) is 17.8. The average molecular weight is 676 g/mol. The zero-order valence-corrected chi connectivity index (χ0v) is 28.2. The van der Waals surface area contributed by atoms with E-state index in [1.807, 2.05) is 54.6 Å². The summed E-state index contributed by atoms with van der Waals surface area (Å²) < 4.78 is 22.7. The number of carbonyl (C=O) groups excluding carboxylic acids is 3. The molecule has 0 radical (unpaired) electrons. The topological polar surface area (TPSA) is 112 Å². The Morgan fingerprint density at radius 3 is 2.10 bits per heavy atom. The number of esters is 3. The molecule has 0 saturated heterocycles. The van der Waals surface area contributed by atoms with Gasteiger partial charge in [0.1, 0.15) is 5.75 Å². The van der Waals surface area contributed by atoms with Crippen LogP contribution >= 0.6 is 11.6 Å². The molecule has 3 aromatic carbocycles. The number of hydrogen-bond donors (Lipinski definition) is 1. The molecule has 2 aliphatic heterocycles. The van der Waals surface area contributed by atoms with E-state index >= 15 is 0 Å². The van der Waals surface area contributed by atoms with Crippen LogP contribution in [0.4, 0.5) is 0 Å². The molecule has 2 aliphatic rings. The van der Waals surface area contributed by atoms with Crippen molar-refractivity contribution < 1.29 is 38.4 Å². The number of benzene rings is 3. The lowest BCUT2D eigenvalue weighted by Crippen LogP contribution is -2.48. The number of rotatable bonds is 15. The van der Waals surface area contributed by atoms with Gasteiger partial charge in [0.05, 0.1) is 24.5 Å². The standard InChI is InChI=1S/C38H42ClNO8/c1-3-40(4-2)22-12-7-5-6-8-13-23-45-28-18-16-26(17-19-28)33(34(39)27-14-10-9-11-15-27)29-20-21-30-36-35(29)47-32(42)25-38(44,37(43)48-36)24-31(41)46-30/h9-11,14-21,44H,3-8,12-13,22-25H2,1-2H3/b34-33+. The molecule has 2 heterocycles. The van der Waals surface area contributed by atoms with Crippen LogP contribution in [-0.4, -0.2) is 59.8 Å². The zero-order valence-electron chi connectivity index (χ0n) is 27.5. The first kappa shape index (κ1) is 35.1. The van der Waals surface area contributed by atoms with Crippen molar-refractivity contribution in [2.75, 3.05) is 26.2 Å². The first-order valence-electron chi connectivity index (χ1n) is 16.7. The lowest BCUT2D eigenvalue weighted by atomic mass is 9.92. The van der Waals surface area contributed by atoms with Crippen molar-refractivity contribution in [1.29, 1.82) is 0 Å². The molecule has 48 heavy (non-hydrogen) atoms. The van der Waals surface area contributed by atoms with Crippen LogP contribution in [0.25, 0.3) is 10.6 Å². The summed E-state index contributed by atoms with van der Waals surface area (Å²) in [5, 5.41) is 11.1. The Balaban J connectivity index is 1.36. The van der Waals surface area contributed by atoms with Crippen LogP contribution in [0.15, 0.2) is 66.7 Å². The maximum Gasteiger partial charge on any atom is 0.345 e. The minimum Gasteiger partial charge on any atom is -0.494 e. The molecule has 1 N–H and O–H groups in total. The van der Waals surface area contributed by atoms with Crippen LogP contribution < -0.4 is 18.9 Å². The quantitative estimate of drug-likeness (QED) is 0.0776. The first-order chi connectivity index (χ1) is 23.2. The number of aliphatic hydroxyl groups is 1. The molecule has 254 valence electrons. The van der Waals surface area contributed by atoms with Gasteiger partial charge >= 0.3 is 17.9 Å². The fourth-order valence-corrected chi connectivity index (χ4v) is 6.26. The van der Waals surface area contributed by atoms with Gasteiger partial charge < -0.3 is 29.0 Å². The predicted octanol–water partition coefficient (Wildman–Crippen LogP) is 7.16. The van der Waals surface area contributed by atoms with Gasteiger partial charge in [-0.25, -0.2) is 4.79 Å². The Hall–Kier alpha value is -4.18. The van der Waals surface area contributed by atoms with Gasteiger partial charge in [-0.2, -0.15) is 0 Å². The molecular formula is C38H42ClNO8. The molecule has 0 saturated carbocycles. The maximum absolute atomic E-state index is 13.0. The number of nitrogens with zero attached hydrogens (tertiary/aromatic N) is 1. The van der Waals surface area contributed by atoms with Gasteiger partial charge in [0.25, 0.3) is 0 Å². The van der Waals surface area contributed by atoms with Crippen molar-refractivity contribution in [3.05, 3.63) is 83.4 Å². The van der Waals surface area contributed by atoms with Gasteiger partial charge in [0.15, 0.2) is 17.1 Å². The number of halogens is 1. The number of hydrogen-bond acceptors (Lipinski definition) is 9. The SMILES string of the molecule is CCN(CC)CCCCCCCCOc1ccc(/C(=C(\Cl)c2ccccc2)c2ccc3c4c2OC(=O)CC(O)(CC(=O)O3)C(=O)O4)cc1. The molecule has 9 nitrogen and oxygen atoms in total. The van der Waals surface area contributed by atoms with E-state index in [9.17, 15) is 19.5 Å². The van der Waals surface area contributed by atoms with E-state index in [1.54, 1.807) is 6.07 Å². The van der Waals surface area contributed by atoms with Crippen LogP contribution in [-0.2, 0) is 14.4 Å². The number of carbonyl (C=O) groups is 3. The van der Waals surface area contributed by atoms with Gasteiger partial charge in [-0.3, -0.25) is 9.59 Å². The highest BCUT2D eigenvalue weighted by Crippen LogP contribution is 2.49. The zero-order chi connectivity index (χ0) is 34.1. The summed E-state index contributed by atoms with van der Waals surface area (Å²) in [5.74, 6) is -2.82. The molecule has 0 fully saturated rings. The van der Waals surface area contributed by atoms with Crippen LogP contribution in [0.5, 0.6) is 23.0 Å². The van der Waals surface area contributed by atoms with E-state index in [0.29, 0.717) is 39.7 Å². The molecule has 3 aromatic rings. The number of unbranched alkanes of at least 4 members (excludes halogenated alkanes) is 5. The second kappa shape index (κ2) is 16.3. The van der Waals surface area contributed by atoms with Crippen molar-refractivity contribution >= 4 is 40.1 Å². The van der Waals surface area contributed by atoms with Crippen molar-refractivity contribution in [3.8, 4) is 23.0 Å². The van der Waals surface area contributed by atoms with Gasteiger partial charge in [-0.05, 0) is 67.9 Å². The van der Waals surface area contributed by atoms with Crippen LogP contribution in [0.2, 0.25) is 0 Å². The third-order valence-corrected chi connectivity index (χ3v) is 9.06. The number of fused-ring (bicyclic) bond motifs is 2. The summed E-state index contributed by atoms with van der Waals surface area (Å²) in [6.07, 6.45) is 5.44. The maximum atomic E-state index is 13.0. The Kier molecular flexibility index (Phi) is 11.9. The first-order valence-corrected chi connectivity index (χ1v) is 17.0. The molecule has 1 unspecified atom stereocenters. The Morgan fingerprint density at radius 2 is 1.42 bits per heavy atom. The van der Waals surface area contributed by atoms with Crippen LogP contribution in [0.3, 0.4) is 0 Å². The van der Waals surface area contributed by atoms with Crippen LogP contribution in [0, 0.1) is 0 Å². The number of ether oxygens (including phenoxy) is 4. The molecule has 5 rings (SSSR count). The average Bonchev–Trinajstić information content (AvgIpc) is 3.07. The Morgan fingerprint density at radius 1 is 0.771 bits per heavy atom. The highest BCUT2D eigenvalue weighted by atomic mass is 35.5. The summed E-state index contributed by atoms with van der Waals surface area (Å²) in [6, 6.07) is 19.7.